The van der Waals surface area contributed by atoms with Crippen LogP contribution in [0.5, 0.6) is 0 Å². The van der Waals surface area contributed by atoms with Gasteiger partial charge in [0.25, 0.3) is 11.5 Å². The van der Waals surface area contributed by atoms with Crippen LogP contribution in [0, 0.1) is 6.92 Å². The largest absolute Gasteiger partial charge is 0.450 e. The molecule has 11 heteroatoms. The van der Waals surface area contributed by atoms with E-state index in [2.05, 4.69) is 6.92 Å². The van der Waals surface area contributed by atoms with Crippen molar-refractivity contribution in [2.24, 2.45) is 0 Å². The van der Waals surface area contributed by atoms with E-state index in [1.807, 2.05) is 17.9 Å². The molecule has 2 aromatic rings. The average molecular weight is 516 g/mol. The van der Waals surface area contributed by atoms with E-state index >= 15 is 0 Å². The standard InChI is InChI=1S/C24H29N5O4S2/c1-4-6-9-29-22(31)18(35-24(29)34)15-17-20(25-19-16(3)8-7-10-28(19)21(17)30)26-11-13-27(14-12-26)23(32)33-5-2/h7-8,10,15H,4-6,9,11-14H2,1-3H3/b18-15+. The summed E-state index contributed by atoms with van der Waals surface area (Å²) < 4.78 is 7.13. The minimum Gasteiger partial charge on any atom is -0.450 e. The number of thiocarbonyl (C=S) groups is 1. The summed E-state index contributed by atoms with van der Waals surface area (Å²) in [5.41, 5.74) is 1.52. The molecule has 0 spiro atoms. The van der Waals surface area contributed by atoms with Gasteiger partial charge in [-0.15, -0.1) is 0 Å². The van der Waals surface area contributed by atoms with Gasteiger partial charge in [-0.05, 0) is 38.0 Å². The summed E-state index contributed by atoms with van der Waals surface area (Å²) in [7, 11) is 0. The van der Waals surface area contributed by atoms with Crippen molar-refractivity contribution in [2.75, 3.05) is 44.2 Å². The topological polar surface area (TPSA) is 87.5 Å². The first-order chi connectivity index (χ1) is 16.8. The summed E-state index contributed by atoms with van der Waals surface area (Å²) in [6, 6.07) is 3.71. The summed E-state index contributed by atoms with van der Waals surface area (Å²) >= 11 is 6.65. The van der Waals surface area contributed by atoms with E-state index in [0.717, 1.165) is 18.4 Å². The van der Waals surface area contributed by atoms with Crippen LogP contribution in [0.1, 0.15) is 37.8 Å². The van der Waals surface area contributed by atoms with E-state index in [4.69, 9.17) is 21.9 Å². The fourth-order valence-corrected chi connectivity index (χ4v) is 5.41. The summed E-state index contributed by atoms with van der Waals surface area (Å²) in [6.45, 7) is 8.51. The highest BCUT2D eigenvalue weighted by molar-refractivity contribution is 8.26. The van der Waals surface area contributed by atoms with Gasteiger partial charge in [0.2, 0.25) is 0 Å². The normalized spacial score (nSPS) is 17.7. The Morgan fingerprint density at radius 1 is 1.23 bits per heavy atom. The van der Waals surface area contributed by atoms with Crippen LogP contribution in [0.4, 0.5) is 10.6 Å². The number of hydrogen-bond donors (Lipinski definition) is 0. The van der Waals surface area contributed by atoms with Gasteiger partial charge in [0, 0.05) is 38.9 Å². The number of amides is 2. The Kier molecular flexibility index (Phi) is 7.75. The number of thioether (sulfide) groups is 1. The molecule has 2 aliphatic heterocycles. The van der Waals surface area contributed by atoms with Gasteiger partial charge in [-0.3, -0.25) is 18.9 Å². The molecule has 4 rings (SSSR count). The zero-order valence-corrected chi connectivity index (χ0v) is 21.8. The lowest BCUT2D eigenvalue weighted by atomic mass is 10.2. The quantitative estimate of drug-likeness (QED) is 0.428. The van der Waals surface area contributed by atoms with Gasteiger partial charge in [0.1, 0.15) is 15.8 Å². The van der Waals surface area contributed by atoms with Crippen LogP contribution in [0.3, 0.4) is 0 Å². The van der Waals surface area contributed by atoms with Gasteiger partial charge in [0.15, 0.2) is 0 Å². The molecule has 4 heterocycles. The number of piperazine rings is 1. The molecule has 0 aliphatic carbocycles. The molecule has 0 saturated carbocycles. The second kappa shape index (κ2) is 10.8. The lowest BCUT2D eigenvalue weighted by molar-refractivity contribution is -0.122. The van der Waals surface area contributed by atoms with Crippen molar-refractivity contribution in [1.82, 2.24) is 19.2 Å². The first kappa shape index (κ1) is 25.2. The maximum atomic E-state index is 13.6. The average Bonchev–Trinajstić information content (AvgIpc) is 3.12. The van der Waals surface area contributed by atoms with Crippen LogP contribution >= 0.6 is 24.0 Å². The molecule has 2 saturated heterocycles. The Morgan fingerprint density at radius 3 is 2.66 bits per heavy atom. The van der Waals surface area contributed by atoms with Crippen molar-refractivity contribution in [3.05, 3.63) is 44.7 Å². The van der Waals surface area contributed by atoms with Gasteiger partial charge in [-0.25, -0.2) is 9.78 Å². The van der Waals surface area contributed by atoms with Crippen molar-refractivity contribution in [1.29, 1.82) is 0 Å². The molecule has 0 atom stereocenters. The van der Waals surface area contributed by atoms with Crippen molar-refractivity contribution < 1.29 is 14.3 Å². The predicted octanol–water partition coefficient (Wildman–Crippen LogP) is 3.28. The van der Waals surface area contributed by atoms with Crippen molar-refractivity contribution in [3.63, 3.8) is 0 Å². The minimum atomic E-state index is -0.342. The Hall–Kier alpha value is -2.92. The number of unbranched alkanes of at least 4 members (excludes halogenated alkanes) is 1. The van der Waals surface area contributed by atoms with Crippen LogP contribution in [0.2, 0.25) is 0 Å². The van der Waals surface area contributed by atoms with Crippen molar-refractivity contribution >= 4 is 57.8 Å². The van der Waals surface area contributed by atoms with Gasteiger partial charge < -0.3 is 14.5 Å². The maximum Gasteiger partial charge on any atom is 0.409 e. The zero-order valence-electron chi connectivity index (χ0n) is 20.2. The number of ether oxygens (including phenoxy) is 1. The van der Waals surface area contributed by atoms with Gasteiger partial charge in [-0.2, -0.15) is 0 Å². The Labute approximate surface area is 213 Å². The Bertz CT molecular complexity index is 1250. The van der Waals surface area contributed by atoms with Crippen LogP contribution < -0.4 is 10.5 Å². The molecular weight excluding hydrogens is 486 g/mol. The molecule has 9 nitrogen and oxygen atoms in total. The molecule has 186 valence electrons. The van der Waals surface area contributed by atoms with Crippen LogP contribution in [0.15, 0.2) is 28.0 Å². The second-order valence-corrected chi connectivity index (χ2v) is 10.1. The monoisotopic (exact) mass is 515 g/mol. The Morgan fingerprint density at radius 2 is 1.97 bits per heavy atom. The molecular formula is C24H29N5O4S2. The number of hydrogen-bond acceptors (Lipinski definition) is 8. The number of fused-ring (bicyclic) bond motifs is 1. The molecule has 0 aromatic carbocycles. The number of aromatic nitrogens is 2. The van der Waals surface area contributed by atoms with Crippen molar-refractivity contribution in [2.45, 2.75) is 33.6 Å². The number of aryl methyl sites for hydroxylation is 1. The van der Waals surface area contributed by atoms with E-state index in [0.29, 0.717) is 65.6 Å². The van der Waals surface area contributed by atoms with E-state index in [9.17, 15) is 14.4 Å². The first-order valence-electron chi connectivity index (χ1n) is 11.8. The molecule has 2 aliphatic rings. The fourth-order valence-electron chi connectivity index (χ4n) is 4.12. The highest BCUT2D eigenvalue weighted by Crippen LogP contribution is 2.34. The van der Waals surface area contributed by atoms with Gasteiger partial charge >= 0.3 is 6.09 Å². The maximum absolute atomic E-state index is 13.6. The number of rotatable bonds is 6. The summed E-state index contributed by atoms with van der Waals surface area (Å²) in [6.07, 6.45) is 4.78. The van der Waals surface area contributed by atoms with Crippen molar-refractivity contribution in [3.8, 4) is 0 Å². The third-order valence-electron chi connectivity index (χ3n) is 6.05. The van der Waals surface area contributed by atoms with E-state index in [1.54, 1.807) is 35.1 Å². The van der Waals surface area contributed by atoms with Crippen LogP contribution in [-0.2, 0) is 9.53 Å². The van der Waals surface area contributed by atoms with Gasteiger partial charge in [-0.1, -0.05) is 43.4 Å². The third-order valence-corrected chi connectivity index (χ3v) is 7.43. The molecule has 0 bridgehead atoms. The number of carbonyl (C=O) groups excluding carboxylic acids is 2. The molecule has 0 unspecified atom stereocenters. The predicted molar refractivity (Wildman–Crippen MR) is 142 cm³/mol. The summed E-state index contributed by atoms with van der Waals surface area (Å²) in [5.74, 6) is 0.326. The fraction of sp³-hybridized carbons (Fsp3) is 0.458. The number of pyridine rings is 1. The van der Waals surface area contributed by atoms with E-state index in [1.165, 1.54) is 16.2 Å². The smallest absolute Gasteiger partial charge is 0.409 e. The third kappa shape index (κ3) is 5.06. The van der Waals surface area contributed by atoms with Crippen LogP contribution in [-0.4, -0.2) is 74.8 Å². The number of nitrogens with zero attached hydrogens (tertiary/aromatic N) is 5. The molecule has 2 aromatic heterocycles. The summed E-state index contributed by atoms with van der Waals surface area (Å²) in [5, 5.41) is 0. The SMILES string of the molecule is CCCCN1C(=O)/C(=C\c2c(N3CCN(C(=O)OCC)CC3)nc3c(C)cccn3c2=O)SC1=S. The van der Waals surface area contributed by atoms with E-state index in [-0.39, 0.29) is 17.6 Å². The van der Waals surface area contributed by atoms with Gasteiger partial charge in [0.05, 0.1) is 17.1 Å². The Balaban J connectivity index is 1.74. The molecule has 2 amide bonds. The molecule has 0 radical (unpaired) electrons. The molecule has 2 fully saturated rings. The summed E-state index contributed by atoms with van der Waals surface area (Å²) in [4.78, 5) is 49.4. The number of carbonyl (C=O) groups is 2. The van der Waals surface area contributed by atoms with E-state index < -0.39 is 0 Å². The lowest BCUT2D eigenvalue weighted by Crippen LogP contribution is -2.49. The zero-order chi connectivity index (χ0) is 25.1. The lowest BCUT2D eigenvalue weighted by Gasteiger charge is -2.35. The minimum absolute atomic E-state index is 0.180. The first-order valence-corrected chi connectivity index (χ1v) is 13.0. The molecule has 35 heavy (non-hydrogen) atoms. The molecule has 0 N–H and O–H groups in total. The van der Waals surface area contributed by atoms with Crippen LogP contribution in [0.25, 0.3) is 11.7 Å². The highest BCUT2D eigenvalue weighted by atomic mass is 32.2. The number of anilines is 1. The highest BCUT2D eigenvalue weighted by Gasteiger charge is 2.33. The second-order valence-electron chi connectivity index (χ2n) is 8.40.